The quantitative estimate of drug-likeness (QED) is 0.798. The van der Waals surface area contributed by atoms with Crippen LogP contribution in [0.4, 0.5) is 0 Å². The molecule has 1 aromatic heterocycles. The van der Waals surface area contributed by atoms with Crippen LogP contribution in [0.1, 0.15) is 31.4 Å². The Morgan fingerprint density at radius 1 is 1.39 bits per heavy atom. The van der Waals surface area contributed by atoms with Crippen molar-refractivity contribution in [3.63, 3.8) is 0 Å². The number of hydrogen-bond acceptors (Lipinski definition) is 4. The Balaban J connectivity index is 1.71. The molecule has 0 radical (unpaired) electrons. The lowest BCUT2D eigenvalue weighted by atomic mass is 10.0. The van der Waals surface area contributed by atoms with Crippen molar-refractivity contribution in [1.29, 1.82) is 0 Å². The maximum Gasteiger partial charge on any atom is 0.151 e. The Labute approximate surface area is 108 Å². The summed E-state index contributed by atoms with van der Waals surface area (Å²) in [5.41, 5.74) is 0. The van der Waals surface area contributed by atoms with E-state index in [-0.39, 0.29) is 5.92 Å². The minimum Gasteiger partial charge on any atom is -0.250 e. The molecule has 2 atom stereocenters. The van der Waals surface area contributed by atoms with Crippen LogP contribution in [0.2, 0.25) is 0 Å². The van der Waals surface area contributed by atoms with Crippen LogP contribution in [-0.2, 0) is 29.2 Å². The number of fused-ring (bicyclic) bond motifs is 1. The van der Waals surface area contributed by atoms with Gasteiger partial charge in [-0.2, -0.15) is 5.10 Å². The maximum atomic E-state index is 11.4. The van der Waals surface area contributed by atoms with Gasteiger partial charge in [0, 0.05) is 19.4 Å². The first-order valence-electron chi connectivity index (χ1n) is 6.65. The Morgan fingerprint density at radius 2 is 2.22 bits per heavy atom. The molecule has 2 aliphatic rings. The molecule has 3 heterocycles. The van der Waals surface area contributed by atoms with Crippen molar-refractivity contribution in [2.24, 2.45) is 11.8 Å². The van der Waals surface area contributed by atoms with E-state index in [0.29, 0.717) is 23.8 Å². The molecular weight excluding hydrogens is 250 g/mol. The average Bonchev–Trinajstić information content (AvgIpc) is 2.81. The van der Waals surface area contributed by atoms with Crippen molar-refractivity contribution in [2.45, 2.75) is 39.2 Å². The van der Waals surface area contributed by atoms with Crippen LogP contribution in [0.25, 0.3) is 0 Å². The van der Waals surface area contributed by atoms with E-state index in [1.54, 1.807) is 0 Å². The van der Waals surface area contributed by atoms with E-state index in [9.17, 15) is 8.42 Å². The zero-order valence-electron chi connectivity index (χ0n) is 10.7. The zero-order chi connectivity index (χ0) is 12.8. The van der Waals surface area contributed by atoms with Gasteiger partial charge in [0.15, 0.2) is 15.7 Å². The molecule has 0 N–H and O–H groups in total. The van der Waals surface area contributed by atoms with Gasteiger partial charge in [-0.05, 0) is 24.7 Å². The Hall–Kier alpha value is -0.910. The highest BCUT2D eigenvalue weighted by Gasteiger charge is 2.29. The van der Waals surface area contributed by atoms with Gasteiger partial charge in [0.2, 0.25) is 0 Å². The summed E-state index contributed by atoms with van der Waals surface area (Å²) in [6.45, 7) is 3.18. The van der Waals surface area contributed by atoms with Crippen LogP contribution < -0.4 is 0 Å². The highest BCUT2D eigenvalue weighted by molar-refractivity contribution is 7.91. The third kappa shape index (κ3) is 2.43. The summed E-state index contributed by atoms with van der Waals surface area (Å²) in [6.07, 6.45) is 3.66. The standard InChI is InChI=1S/C12H19N3O2S/c1-9-2-3-12-13-11(14-15(12)7-9)6-10-4-5-18(16,17)8-10/h9-10H,2-8H2,1H3. The van der Waals surface area contributed by atoms with E-state index in [2.05, 4.69) is 17.0 Å². The summed E-state index contributed by atoms with van der Waals surface area (Å²) in [5, 5.41) is 4.52. The van der Waals surface area contributed by atoms with Crippen LogP contribution in [0.15, 0.2) is 0 Å². The first-order valence-corrected chi connectivity index (χ1v) is 8.47. The fraction of sp³-hybridized carbons (Fsp3) is 0.833. The predicted octanol–water partition coefficient (Wildman–Crippen LogP) is 0.838. The summed E-state index contributed by atoms with van der Waals surface area (Å²) < 4.78 is 24.9. The Morgan fingerprint density at radius 3 is 2.94 bits per heavy atom. The number of sulfone groups is 1. The van der Waals surface area contributed by atoms with Crippen LogP contribution in [-0.4, -0.2) is 34.7 Å². The molecule has 18 heavy (non-hydrogen) atoms. The van der Waals surface area contributed by atoms with Gasteiger partial charge in [-0.1, -0.05) is 6.92 Å². The van der Waals surface area contributed by atoms with Gasteiger partial charge in [0.05, 0.1) is 11.5 Å². The van der Waals surface area contributed by atoms with Crippen LogP contribution in [0.5, 0.6) is 0 Å². The molecule has 1 aromatic rings. The van der Waals surface area contributed by atoms with Crippen molar-refractivity contribution in [3.8, 4) is 0 Å². The molecule has 2 aliphatic heterocycles. The first kappa shape index (κ1) is 12.1. The fourth-order valence-corrected chi connectivity index (χ4v) is 4.76. The summed E-state index contributed by atoms with van der Waals surface area (Å²) in [5.74, 6) is 3.44. The van der Waals surface area contributed by atoms with E-state index in [0.717, 1.165) is 31.0 Å². The maximum absolute atomic E-state index is 11.4. The molecule has 1 saturated heterocycles. The van der Waals surface area contributed by atoms with Crippen molar-refractivity contribution in [3.05, 3.63) is 11.6 Å². The highest BCUT2D eigenvalue weighted by Crippen LogP contribution is 2.23. The van der Waals surface area contributed by atoms with Crippen LogP contribution >= 0.6 is 0 Å². The number of aryl methyl sites for hydroxylation is 1. The SMILES string of the molecule is CC1CCc2nc(CC3CCS(=O)(=O)C3)nn2C1. The smallest absolute Gasteiger partial charge is 0.151 e. The summed E-state index contributed by atoms with van der Waals surface area (Å²) in [4.78, 5) is 4.55. The molecule has 100 valence electrons. The molecule has 0 aromatic carbocycles. The monoisotopic (exact) mass is 269 g/mol. The molecular formula is C12H19N3O2S. The van der Waals surface area contributed by atoms with Gasteiger partial charge < -0.3 is 0 Å². The van der Waals surface area contributed by atoms with Crippen molar-refractivity contribution < 1.29 is 8.42 Å². The number of aromatic nitrogens is 3. The van der Waals surface area contributed by atoms with Gasteiger partial charge in [0.25, 0.3) is 0 Å². The molecule has 0 bridgehead atoms. The third-order valence-corrected chi connectivity index (χ3v) is 5.77. The van der Waals surface area contributed by atoms with E-state index < -0.39 is 9.84 Å². The Bertz CT molecular complexity index is 550. The van der Waals surface area contributed by atoms with E-state index in [1.807, 2.05) is 4.68 Å². The first-order chi connectivity index (χ1) is 8.52. The van der Waals surface area contributed by atoms with Gasteiger partial charge >= 0.3 is 0 Å². The van der Waals surface area contributed by atoms with Gasteiger partial charge in [-0.3, -0.25) is 0 Å². The number of rotatable bonds is 2. The molecule has 0 amide bonds. The van der Waals surface area contributed by atoms with Gasteiger partial charge in [-0.25, -0.2) is 18.1 Å². The molecule has 0 saturated carbocycles. The number of nitrogens with zero attached hydrogens (tertiary/aromatic N) is 3. The lowest BCUT2D eigenvalue weighted by Crippen LogP contribution is -2.19. The number of hydrogen-bond donors (Lipinski definition) is 0. The molecule has 3 rings (SSSR count). The topological polar surface area (TPSA) is 64.8 Å². The second kappa shape index (κ2) is 4.33. The van der Waals surface area contributed by atoms with Gasteiger partial charge in [-0.15, -0.1) is 0 Å². The van der Waals surface area contributed by atoms with Crippen molar-refractivity contribution in [2.75, 3.05) is 11.5 Å². The minimum absolute atomic E-state index is 0.219. The second-order valence-electron chi connectivity index (χ2n) is 5.74. The van der Waals surface area contributed by atoms with Crippen LogP contribution in [0.3, 0.4) is 0 Å². The molecule has 1 fully saturated rings. The molecule has 6 heteroatoms. The normalized spacial score (nSPS) is 30.3. The highest BCUT2D eigenvalue weighted by atomic mass is 32.2. The lowest BCUT2D eigenvalue weighted by molar-refractivity contribution is 0.366. The second-order valence-corrected chi connectivity index (χ2v) is 7.97. The summed E-state index contributed by atoms with van der Waals surface area (Å²) in [7, 11) is -2.79. The third-order valence-electron chi connectivity index (χ3n) is 3.94. The minimum atomic E-state index is -2.79. The van der Waals surface area contributed by atoms with Crippen molar-refractivity contribution in [1.82, 2.24) is 14.8 Å². The van der Waals surface area contributed by atoms with Crippen LogP contribution in [0, 0.1) is 11.8 Å². The fourth-order valence-electron chi connectivity index (χ4n) is 2.90. The summed E-state index contributed by atoms with van der Waals surface area (Å²) in [6, 6.07) is 0. The average molecular weight is 269 g/mol. The molecule has 0 aliphatic carbocycles. The van der Waals surface area contributed by atoms with Gasteiger partial charge in [0.1, 0.15) is 5.82 Å². The summed E-state index contributed by atoms with van der Waals surface area (Å²) >= 11 is 0. The largest absolute Gasteiger partial charge is 0.250 e. The predicted molar refractivity (Wildman–Crippen MR) is 68.0 cm³/mol. The molecule has 5 nitrogen and oxygen atoms in total. The lowest BCUT2D eigenvalue weighted by Gasteiger charge is -2.17. The van der Waals surface area contributed by atoms with E-state index in [1.165, 1.54) is 6.42 Å². The zero-order valence-corrected chi connectivity index (χ0v) is 11.5. The van der Waals surface area contributed by atoms with E-state index >= 15 is 0 Å². The van der Waals surface area contributed by atoms with Crippen molar-refractivity contribution >= 4 is 9.84 Å². The van der Waals surface area contributed by atoms with E-state index in [4.69, 9.17) is 0 Å². The molecule has 2 unspecified atom stereocenters. The Kier molecular flexibility index (Phi) is 2.92. The molecule has 0 spiro atoms.